The Balaban J connectivity index is 0.000000563. The van der Waals surface area contributed by atoms with Crippen LogP contribution in [0.5, 0.6) is 0 Å². The second kappa shape index (κ2) is 16.5. The van der Waals surface area contributed by atoms with Crippen LogP contribution in [-0.2, 0) is 43.9 Å². The summed E-state index contributed by atoms with van der Waals surface area (Å²) >= 11 is 0. The number of carboxylic acid groups (broad SMARTS) is 3. The molecule has 0 radical (unpaired) electrons. The Morgan fingerprint density at radius 1 is 0.425 bits per heavy atom. The number of benzene rings is 3. The van der Waals surface area contributed by atoms with E-state index in [0.717, 1.165) is 0 Å². The maximum Gasteiger partial charge on any atom is 3.00 e. The molecule has 0 fully saturated rings. The van der Waals surface area contributed by atoms with Crippen molar-refractivity contribution in [2.45, 2.75) is 14.7 Å². The molecule has 0 bridgehead atoms. The van der Waals surface area contributed by atoms with Crippen LogP contribution in [-0.4, -0.2) is 77.8 Å². The topological polar surface area (TPSA) is 223 Å². The number of carbonyl (C=O) groups excluding carboxylic acids is 3. The van der Waals surface area contributed by atoms with Gasteiger partial charge in [0.2, 0.25) is 0 Å². The van der Waals surface area contributed by atoms with Crippen molar-refractivity contribution in [3.05, 3.63) is 91.0 Å². The molecule has 0 atom stereocenters. The van der Waals surface area contributed by atoms with Crippen LogP contribution >= 0.6 is 0 Å². The molecule has 3 aromatic rings. The summed E-state index contributed by atoms with van der Waals surface area (Å²) in [7, 11) is -11.2. The third-order valence-corrected chi connectivity index (χ3v) is 9.05. The van der Waals surface area contributed by atoms with E-state index in [0.29, 0.717) is 0 Å². The Kier molecular flexibility index (Phi) is 15.1. The second-order valence-electron chi connectivity index (χ2n) is 7.33. The van der Waals surface area contributed by atoms with Gasteiger partial charge < -0.3 is 29.7 Å². The molecular formula is C24H21AlO12S3. The molecule has 0 saturated heterocycles. The number of hydrogen-bond donors (Lipinski definition) is 0. The van der Waals surface area contributed by atoms with E-state index in [2.05, 4.69) is 0 Å². The van der Waals surface area contributed by atoms with Gasteiger partial charge in [-0.1, -0.05) is 54.6 Å². The van der Waals surface area contributed by atoms with Gasteiger partial charge in [0.1, 0.15) is 0 Å². The molecular weight excluding hydrogens is 603 g/mol. The maximum atomic E-state index is 11.2. The van der Waals surface area contributed by atoms with Gasteiger partial charge in [-0.05, 0) is 36.4 Å². The first-order chi connectivity index (χ1) is 18.1. The molecule has 0 aliphatic carbocycles. The molecule has 40 heavy (non-hydrogen) atoms. The summed E-state index contributed by atoms with van der Waals surface area (Å²) in [5, 5.41) is 30.3. The number of carbonyl (C=O) groups is 3. The average molecular weight is 625 g/mol. The van der Waals surface area contributed by atoms with Gasteiger partial charge in [-0.15, -0.1) is 0 Å². The molecule has 0 aromatic heterocycles. The van der Waals surface area contributed by atoms with Crippen LogP contribution in [0, 0.1) is 0 Å². The fraction of sp³-hybridized carbons (Fsp3) is 0.125. The SMILES string of the molecule is O=C([O-])CS(=O)(=O)c1ccccc1.O=C([O-])CS(=O)(=O)c1ccccc1.O=C([O-])CS(=O)(=O)c1ccccc1.[Al+3]. The summed E-state index contributed by atoms with van der Waals surface area (Å²) in [6, 6.07) is 22.2. The van der Waals surface area contributed by atoms with Crippen molar-refractivity contribution < 1.29 is 55.0 Å². The summed E-state index contributed by atoms with van der Waals surface area (Å²) in [4.78, 5) is 30.3. The Labute approximate surface area is 241 Å². The van der Waals surface area contributed by atoms with E-state index in [-0.39, 0.29) is 32.0 Å². The minimum Gasteiger partial charge on any atom is -0.549 e. The normalized spacial score (nSPS) is 10.8. The van der Waals surface area contributed by atoms with Crippen LogP contribution in [0.1, 0.15) is 0 Å². The Bertz CT molecular complexity index is 1380. The van der Waals surface area contributed by atoms with E-state index in [1.54, 1.807) is 18.2 Å². The molecule has 210 valence electrons. The third kappa shape index (κ3) is 13.5. The number of rotatable bonds is 9. The van der Waals surface area contributed by atoms with E-state index in [9.17, 15) is 55.0 Å². The largest absolute Gasteiger partial charge is 3.00 e. The number of hydrogen-bond acceptors (Lipinski definition) is 12. The number of sulfone groups is 3. The van der Waals surface area contributed by atoms with Crippen LogP contribution in [0.4, 0.5) is 0 Å². The fourth-order valence-corrected chi connectivity index (χ4v) is 5.75. The monoisotopic (exact) mass is 624 g/mol. The van der Waals surface area contributed by atoms with Crippen molar-refractivity contribution in [1.29, 1.82) is 0 Å². The molecule has 12 nitrogen and oxygen atoms in total. The molecule has 0 spiro atoms. The Morgan fingerprint density at radius 2 is 0.600 bits per heavy atom. The average Bonchev–Trinajstić information content (AvgIpc) is 2.84. The van der Waals surface area contributed by atoms with Gasteiger partial charge in [-0.3, -0.25) is 0 Å². The first-order valence-corrected chi connectivity index (χ1v) is 15.5. The van der Waals surface area contributed by atoms with Gasteiger partial charge in [0.25, 0.3) is 0 Å². The molecule has 0 aliphatic rings. The number of aliphatic carboxylic acids is 3. The molecule has 0 saturated carbocycles. The van der Waals surface area contributed by atoms with Crippen molar-refractivity contribution in [2.75, 3.05) is 17.3 Å². The molecule has 0 unspecified atom stereocenters. The maximum absolute atomic E-state index is 11.2. The van der Waals surface area contributed by atoms with E-state index < -0.39 is 64.7 Å². The van der Waals surface area contributed by atoms with Crippen LogP contribution in [0.25, 0.3) is 0 Å². The van der Waals surface area contributed by atoms with Crippen molar-refractivity contribution in [1.82, 2.24) is 0 Å². The Morgan fingerprint density at radius 3 is 0.750 bits per heavy atom. The summed E-state index contributed by atoms with van der Waals surface area (Å²) < 4.78 is 67.3. The summed E-state index contributed by atoms with van der Waals surface area (Å²) in [6.07, 6.45) is 0. The van der Waals surface area contributed by atoms with Crippen LogP contribution < -0.4 is 15.3 Å². The van der Waals surface area contributed by atoms with E-state index in [4.69, 9.17) is 0 Å². The first kappa shape index (κ1) is 36.5. The van der Waals surface area contributed by atoms with E-state index in [1.165, 1.54) is 72.8 Å². The molecule has 0 N–H and O–H groups in total. The van der Waals surface area contributed by atoms with Gasteiger partial charge in [0.15, 0.2) is 29.5 Å². The standard InChI is InChI=1S/3C8H8O4S.Al/c3*9-8(10)6-13(11,12)7-4-2-1-3-5-7;/h3*1-5H,6H2,(H,9,10);/q;;;+3/p-3. The third-order valence-electron chi connectivity index (χ3n) is 4.23. The van der Waals surface area contributed by atoms with Crippen molar-refractivity contribution in [2.24, 2.45) is 0 Å². The quantitative estimate of drug-likeness (QED) is 0.221. The molecule has 0 amide bonds. The van der Waals surface area contributed by atoms with Crippen molar-refractivity contribution >= 4 is 64.8 Å². The fourth-order valence-electron chi connectivity index (χ4n) is 2.60. The first-order valence-electron chi connectivity index (χ1n) is 10.5. The minimum atomic E-state index is -3.72. The van der Waals surface area contributed by atoms with Gasteiger partial charge in [-0.2, -0.15) is 0 Å². The van der Waals surface area contributed by atoms with Crippen LogP contribution in [0.3, 0.4) is 0 Å². The zero-order valence-electron chi connectivity index (χ0n) is 20.5. The predicted octanol–water partition coefficient (Wildman–Crippen LogP) is -2.75. The van der Waals surface area contributed by atoms with Crippen LogP contribution in [0.2, 0.25) is 0 Å². The molecule has 3 aromatic carbocycles. The van der Waals surface area contributed by atoms with E-state index in [1.807, 2.05) is 0 Å². The molecule has 16 heteroatoms. The van der Waals surface area contributed by atoms with E-state index >= 15 is 0 Å². The van der Waals surface area contributed by atoms with Gasteiger partial charge in [-0.25, -0.2) is 25.3 Å². The number of carboxylic acids is 3. The van der Waals surface area contributed by atoms with Crippen molar-refractivity contribution in [3.63, 3.8) is 0 Å². The van der Waals surface area contributed by atoms with Crippen LogP contribution in [0.15, 0.2) is 106 Å². The van der Waals surface area contributed by atoms with Gasteiger partial charge >= 0.3 is 17.4 Å². The second-order valence-corrected chi connectivity index (χ2v) is 13.3. The molecule has 0 aliphatic heterocycles. The Hall–Kier alpha value is -3.55. The van der Waals surface area contributed by atoms with Gasteiger partial charge in [0.05, 0.1) is 49.9 Å². The summed E-state index contributed by atoms with van der Waals surface area (Å²) in [6.45, 7) is 0. The predicted molar refractivity (Wildman–Crippen MR) is 136 cm³/mol. The summed E-state index contributed by atoms with van der Waals surface area (Å²) in [5.74, 6) is -7.71. The summed E-state index contributed by atoms with van der Waals surface area (Å²) in [5.41, 5.74) is 0. The zero-order chi connectivity index (χ0) is 29.7. The van der Waals surface area contributed by atoms with Crippen molar-refractivity contribution in [3.8, 4) is 0 Å². The zero-order valence-corrected chi connectivity index (χ0v) is 24.1. The molecule has 0 heterocycles. The minimum absolute atomic E-state index is 0. The van der Waals surface area contributed by atoms with Gasteiger partial charge in [0, 0.05) is 0 Å². The smallest absolute Gasteiger partial charge is 0.549 e. The molecule has 3 rings (SSSR count).